The van der Waals surface area contributed by atoms with Crippen molar-refractivity contribution in [1.82, 2.24) is 10.2 Å². The van der Waals surface area contributed by atoms with Crippen LogP contribution in [0.4, 0.5) is 10.5 Å². The van der Waals surface area contributed by atoms with Crippen molar-refractivity contribution in [3.05, 3.63) is 28.7 Å². The smallest absolute Gasteiger partial charge is 0.277 e. The van der Waals surface area contributed by atoms with Crippen LogP contribution >= 0.6 is 15.9 Å². The molecule has 7 heteroatoms. The maximum Gasteiger partial charge on any atom is 0.331 e. The SMILES string of the molecule is O=C1NC(=O)N([C@H]2C[C@H]3CC[C@H]2C3)C(=O)[C@@H]1C=Nc1ccccc1Br. The van der Waals surface area contributed by atoms with E-state index in [1.165, 1.54) is 17.5 Å². The monoisotopic (exact) mass is 403 g/mol. The summed E-state index contributed by atoms with van der Waals surface area (Å²) in [5.41, 5.74) is 0.631. The number of aliphatic imine (C=N–C) groups is 1. The molecular weight excluding hydrogens is 386 g/mol. The highest BCUT2D eigenvalue weighted by Crippen LogP contribution is 2.47. The molecule has 1 N–H and O–H groups in total. The van der Waals surface area contributed by atoms with Crippen LogP contribution in [-0.4, -0.2) is 35.0 Å². The van der Waals surface area contributed by atoms with Crippen LogP contribution in [-0.2, 0) is 9.59 Å². The zero-order valence-corrected chi connectivity index (χ0v) is 15.1. The molecule has 1 aromatic carbocycles. The van der Waals surface area contributed by atoms with Crippen LogP contribution in [0, 0.1) is 17.8 Å². The fourth-order valence-electron chi connectivity index (χ4n) is 4.29. The first-order valence-electron chi connectivity index (χ1n) is 8.51. The number of rotatable bonds is 3. The fourth-order valence-corrected chi connectivity index (χ4v) is 4.68. The van der Waals surface area contributed by atoms with Crippen LogP contribution in [0.5, 0.6) is 0 Å². The lowest BCUT2D eigenvalue weighted by Crippen LogP contribution is -2.62. The Morgan fingerprint density at radius 1 is 1.16 bits per heavy atom. The molecule has 3 aliphatic rings. The number of carbonyl (C=O) groups excluding carboxylic acids is 3. The molecule has 2 aliphatic carbocycles. The van der Waals surface area contributed by atoms with Crippen LogP contribution in [0.1, 0.15) is 25.7 Å². The Morgan fingerprint density at radius 3 is 2.64 bits per heavy atom. The first-order chi connectivity index (χ1) is 12.0. The molecular formula is C18H18BrN3O3. The van der Waals surface area contributed by atoms with Gasteiger partial charge in [0.15, 0.2) is 5.92 Å². The molecule has 1 aromatic rings. The van der Waals surface area contributed by atoms with Crippen molar-refractivity contribution in [3.63, 3.8) is 0 Å². The predicted molar refractivity (Wildman–Crippen MR) is 95.4 cm³/mol. The molecule has 0 aromatic heterocycles. The lowest BCUT2D eigenvalue weighted by Gasteiger charge is -2.36. The number of imide groups is 2. The van der Waals surface area contributed by atoms with Crippen molar-refractivity contribution in [3.8, 4) is 0 Å². The van der Waals surface area contributed by atoms with E-state index in [2.05, 4.69) is 26.2 Å². The van der Waals surface area contributed by atoms with Crippen LogP contribution in [0.25, 0.3) is 0 Å². The van der Waals surface area contributed by atoms with Gasteiger partial charge in [0.25, 0.3) is 0 Å². The van der Waals surface area contributed by atoms with Gasteiger partial charge >= 0.3 is 6.03 Å². The maximum atomic E-state index is 12.9. The third-order valence-electron chi connectivity index (χ3n) is 5.48. The Morgan fingerprint density at radius 2 is 1.96 bits per heavy atom. The molecule has 6 nitrogen and oxygen atoms in total. The van der Waals surface area contributed by atoms with E-state index in [4.69, 9.17) is 0 Å². The number of nitrogens with zero attached hydrogens (tertiary/aromatic N) is 2. The second-order valence-corrected chi connectivity index (χ2v) is 7.81. The first-order valence-corrected chi connectivity index (χ1v) is 9.30. The molecule has 25 heavy (non-hydrogen) atoms. The number of benzene rings is 1. The van der Waals surface area contributed by atoms with Gasteiger partial charge in [0.2, 0.25) is 11.8 Å². The van der Waals surface area contributed by atoms with Crippen molar-refractivity contribution in [2.75, 3.05) is 0 Å². The summed E-state index contributed by atoms with van der Waals surface area (Å²) < 4.78 is 0.774. The number of urea groups is 1. The van der Waals surface area contributed by atoms with Crippen molar-refractivity contribution < 1.29 is 14.4 Å². The van der Waals surface area contributed by atoms with E-state index in [0.717, 1.165) is 23.7 Å². The van der Waals surface area contributed by atoms with Gasteiger partial charge in [-0.25, -0.2) is 4.79 Å². The van der Waals surface area contributed by atoms with E-state index in [1.54, 1.807) is 6.07 Å². The lowest BCUT2D eigenvalue weighted by atomic mass is 9.92. The maximum absolute atomic E-state index is 12.9. The fraction of sp³-hybridized carbons (Fsp3) is 0.444. The second-order valence-electron chi connectivity index (χ2n) is 6.95. The molecule has 2 saturated carbocycles. The van der Waals surface area contributed by atoms with Gasteiger partial charge in [0.1, 0.15) is 0 Å². The normalized spacial score (nSPS) is 31.9. The minimum atomic E-state index is -1.07. The molecule has 4 atom stereocenters. The number of hydrogen-bond donors (Lipinski definition) is 1. The minimum Gasteiger partial charge on any atom is -0.277 e. The Balaban J connectivity index is 1.57. The molecule has 1 saturated heterocycles. The largest absolute Gasteiger partial charge is 0.331 e. The highest BCUT2D eigenvalue weighted by molar-refractivity contribution is 9.10. The van der Waals surface area contributed by atoms with E-state index in [0.29, 0.717) is 17.5 Å². The number of fused-ring (bicyclic) bond motifs is 2. The number of halogens is 1. The van der Waals surface area contributed by atoms with Gasteiger partial charge in [-0.15, -0.1) is 0 Å². The van der Waals surface area contributed by atoms with Gasteiger partial charge in [0, 0.05) is 16.7 Å². The minimum absolute atomic E-state index is 0.0845. The van der Waals surface area contributed by atoms with Crippen LogP contribution in [0.3, 0.4) is 0 Å². The van der Waals surface area contributed by atoms with Crippen molar-refractivity contribution >= 4 is 45.7 Å². The van der Waals surface area contributed by atoms with Crippen LogP contribution < -0.4 is 5.32 Å². The third kappa shape index (κ3) is 2.90. The number of nitrogens with one attached hydrogen (secondary N) is 1. The zero-order valence-electron chi connectivity index (χ0n) is 13.5. The van der Waals surface area contributed by atoms with Crippen molar-refractivity contribution in [2.24, 2.45) is 22.7 Å². The van der Waals surface area contributed by atoms with Gasteiger partial charge in [-0.3, -0.25) is 24.8 Å². The Bertz CT molecular complexity index is 779. The first kappa shape index (κ1) is 16.4. The topological polar surface area (TPSA) is 78.8 Å². The van der Waals surface area contributed by atoms with E-state index in [9.17, 15) is 14.4 Å². The summed E-state index contributed by atoms with van der Waals surface area (Å²) in [5, 5.41) is 2.32. The van der Waals surface area contributed by atoms with E-state index in [-0.39, 0.29) is 6.04 Å². The summed E-state index contributed by atoms with van der Waals surface area (Å²) in [7, 11) is 0. The van der Waals surface area contributed by atoms with E-state index in [1.807, 2.05) is 18.2 Å². The average Bonchev–Trinajstić information content (AvgIpc) is 3.19. The summed E-state index contributed by atoms with van der Waals surface area (Å²) in [5.74, 6) is -1.16. The molecule has 2 bridgehead atoms. The summed E-state index contributed by atoms with van der Waals surface area (Å²) in [4.78, 5) is 42.8. The molecule has 0 radical (unpaired) electrons. The zero-order chi connectivity index (χ0) is 17.6. The summed E-state index contributed by atoms with van der Waals surface area (Å²) in [6.07, 6.45) is 5.49. The molecule has 4 rings (SSSR count). The summed E-state index contributed by atoms with van der Waals surface area (Å²) in [6.45, 7) is 0. The Hall–Kier alpha value is -2.02. The predicted octanol–water partition coefficient (Wildman–Crippen LogP) is 3.03. The quantitative estimate of drug-likeness (QED) is 0.622. The number of hydrogen-bond acceptors (Lipinski definition) is 4. The summed E-state index contributed by atoms with van der Waals surface area (Å²) >= 11 is 3.39. The molecule has 0 spiro atoms. The highest BCUT2D eigenvalue weighted by atomic mass is 79.9. The van der Waals surface area contributed by atoms with E-state index < -0.39 is 23.8 Å². The third-order valence-corrected chi connectivity index (χ3v) is 6.15. The molecule has 1 aliphatic heterocycles. The van der Waals surface area contributed by atoms with Gasteiger partial charge in [-0.05, 0) is 59.2 Å². The van der Waals surface area contributed by atoms with Gasteiger partial charge in [0.05, 0.1) is 5.69 Å². The van der Waals surface area contributed by atoms with Gasteiger partial charge in [-0.2, -0.15) is 0 Å². The van der Waals surface area contributed by atoms with Crippen LogP contribution in [0.2, 0.25) is 0 Å². The van der Waals surface area contributed by atoms with Gasteiger partial charge < -0.3 is 0 Å². The molecule has 0 unspecified atom stereocenters. The van der Waals surface area contributed by atoms with Crippen molar-refractivity contribution in [2.45, 2.75) is 31.7 Å². The van der Waals surface area contributed by atoms with E-state index >= 15 is 0 Å². The Labute approximate surface area is 153 Å². The second kappa shape index (κ2) is 6.37. The number of para-hydroxylation sites is 1. The number of barbiturate groups is 1. The molecule has 1 heterocycles. The summed E-state index contributed by atoms with van der Waals surface area (Å²) in [6, 6.07) is 6.63. The number of amides is 4. The standard InChI is InChI=1S/C18H18BrN3O3/c19-13-3-1-2-4-14(13)20-9-12-16(23)21-18(25)22(17(12)24)15-8-10-5-6-11(15)7-10/h1-4,9-12,15H,5-8H2,(H,21,23,25)/t10-,11-,12+,15-/m0/s1. The van der Waals surface area contributed by atoms with Gasteiger partial charge in [-0.1, -0.05) is 18.6 Å². The molecule has 130 valence electrons. The highest BCUT2D eigenvalue weighted by Gasteiger charge is 2.50. The van der Waals surface area contributed by atoms with Crippen LogP contribution in [0.15, 0.2) is 33.7 Å². The van der Waals surface area contributed by atoms with Crippen molar-refractivity contribution in [1.29, 1.82) is 0 Å². The number of carbonyl (C=O) groups is 3. The molecule has 4 amide bonds. The lowest BCUT2D eigenvalue weighted by molar-refractivity contribution is -0.141. The Kier molecular flexibility index (Phi) is 4.19. The molecule has 3 fully saturated rings. The average molecular weight is 404 g/mol.